The van der Waals surface area contributed by atoms with Gasteiger partial charge in [-0.2, -0.15) is 0 Å². The second-order valence-corrected chi connectivity index (χ2v) is 6.95. The van der Waals surface area contributed by atoms with Crippen molar-refractivity contribution in [3.8, 4) is 17.2 Å². The number of carbonyl (C=O) groups is 1. The fourth-order valence-electron chi connectivity index (χ4n) is 2.79. The second-order valence-electron chi connectivity index (χ2n) is 6.95. The number of aliphatic imine (C=N–C) groups is 1. The van der Waals surface area contributed by atoms with Crippen LogP contribution in [0, 0.1) is 0 Å². The van der Waals surface area contributed by atoms with Crippen LogP contribution in [0.4, 0.5) is 0 Å². The highest BCUT2D eigenvalue weighted by Gasteiger charge is 2.33. The number of nitrogens with two attached hydrogens (primary N) is 1. The van der Waals surface area contributed by atoms with E-state index in [1.165, 1.54) is 0 Å². The number of benzene rings is 1. The monoisotopic (exact) mass is 348 g/mol. The van der Waals surface area contributed by atoms with E-state index in [0.717, 1.165) is 18.6 Å². The minimum atomic E-state index is -0.427. The molecule has 1 aliphatic rings. The Morgan fingerprint density at radius 3 is 2.84 bits per heavy atom. The van der Waals surface area contributed by atoms with E-state index in [1.54, 1.807) is 6.07 Å². The van der Waals surface area contributed by atoms with Crippen LogP contribution in [0.25, 0.3) is 0 Å². The predicted molar refractivity (Wildman–Crippen MR) is 97.7 cm³/mol. The number of phenols is 1. The molecule has 0 saturated heterocycles. The molecule has 6 heteroatoms. The van der Waals surface area contributed by atoms with Gasteiger partial charge in [-0.25, -0.2) is 0 Å². The topological polar surface area (TPSA) is 94.1 Å². The van der Waals surface area contributed by atoms with Crippen LogP contribution in [0.15, 0.2) is 17.1 Å². The van der Waals surface area contributed by atoms with Gasteiger partial charge in [0.05, 0.1) is 17.9 Å². The summed E-state index contributed by atoms with van der Waals surface area (Å²) < 4.78 is 11.7. The third-order valence-electron chi connectivity index (χ3n) is 3.97. The van der Waals surface area contributed by atoms with Gasteiger partial charge in [-0.15, -0.1) is 0 Å². The van der Waals surface area contributed by atoms with E-state index in [9.17, 15) is 9.90 Å². The normalized spacial score (nSPS) is 17.0. The Labute approximate surface area is 149 Å². The van der Waals surface area contributed by atoms with Gasteiger partial charge < -0.3 is 20.3 Å². The number of primary amides is 1. The number of phenolic OH excluding ortho intramolecular Hbond substituents is 1. The lowest BCUT2D eigenvalue weighted by Crippen LogP contribution is -2.36. The molecule has 6 nitrogen and oxygen atoms in total. The van der Waals surface area contributed by atoms with E-state index < -0.39 is 5.60 Å². The van der Waals surface area contributed by atoms with Gasteiger partial charge in [-0.1, -0.05) is 13.3 Å². The van der Waals surface area contributed by atoms with Gasteiger partial charge in [0, 0.05) is 31.5 Å². The Hall–Kier alpha value is -2.24. The Morgan fingerprint density at radius 1 is 1.40 bits per heavy atom. The first-order valence-corrected chi connectivity index (χ1v) is 8.83. The minimum absolute atomic E-state index is 0.105. The van der Waals surface area contributed by atoms with Crippen LogP contribution in [-0.2, 0) is 4.79 Å². The number of rotatable bonds is 8. The van der Waals surface area contributed by atoms with Crippen LogP contribution in [0.2, 0.25) is 0 Å². The molecule has 3 N–H and O–H groups in total. The summed E-state index contributed by atoms with van der Waals surface area (Å²) in [6.45, 7) is 7.15. The molecular formula is C19H28N2O4. The SMILES string of the molecule is CCCCOc1cc(O)c2c(c1)OC(C)(C)CC2=NCCCC(N)=O. The third kappa shape index (κ3) is 5.37. The number of fused-ring (bicyclic) bond motifs is 1. The Kier molecular flexibility index (Phi) is 6.28. The van der Waals surface area contributed by atoms with Gasteiger partial charge >= 0.3 is 0 Å². The standard InChI is InChI=1S/C19H28N2O4/c1-4-5-9-24-13-10-15(22)18-14(21-8-6-7-17(20)23)12-19(2,3)25-16(18)11-13/h10-11,22H,4-9,12H2,1-3H3,(H2,20,23). The molecule has 1 heterocycles. The molecule has 0 atom stereocenters. The maximum atomic E-state index is 10.9. The van der Waals surface area contributed by atoms with E-state index in [1.807, 2.05) is 19.9 Å². The molecule has 25 heavy (non-hydrogen) atoms. The molecule has 2 rings (SSSR count). The van der Waals surface area contributed by atoms with Gasteiger partial charge in [-0.3, -0.25) is 9.79 Å². The molecule has 0 saturated carbocycles. The molecule has 1 aromatic rings. The first-order chi connectivity index (χ1) is 11.8. The summed E-state index contributed by atoms with van der Waals surface area (Å²) in [5, 5.41) is 10.5. The average Bonchev–Trinajstić information content (AvgIpc) is 2.49. The van der Waals surface area contributed by atoms with E-state index in [4.69, 9.17) is 15.2 Å². The predicted octanol–water partition coefficient (Wildman–Crippen LogP) is 3.19. The largest absolute Gasteiger partial charge is 0.507 e. The number of nitrogens with zero attached hydrogens (tertiary/aromatic N) is 1. The quantitative estimate of drug-likeness (QED) is 0.705. The van der Waals surface area contributed by atoms with Crippen LogP contribution in [-0.4, -0.2) is 35.5 Å². The van der Waals surface area contributed by atoms with Crippen LogP contribution < -0.4 is 15.2 Å². The van der Waals surface area contributed by atoms with Crippen molar-refractivity contribution in [2.45, 2.75) is 58.5 Å². The molecule has 0 spiro atoms. The minimum Gasteiger partial charge on any atom is -0.507 e. The summed E-state index contributed by atoms with van der Waals surface area (Å²) in [6.07, 6.45) is 3.48. The molecule has 1 amide bonds. The highest BCUT2D eigenvalue weighted by Crippen LogP contribution is 2.41. The summed E-state index contributed by atoms with van der Waals surface area (Å²) in [5.41, 5.74) is 6.13. The lowest BCUT2D eigenvalue weighted by Gasteiger charge is -2.34. The van der Waals surface area contributed by atoms with Gasteiger partial charge in [0.25, 0.3) is 0 Å². The maximum Gasteiger partial charge on any atom is 0.217 e. The Morgan fingerprint density at radius 2 is 2.16 bits per heavy atom. The van der Waals surface area contributed by atoms with Crippen molar-refractivity contribution in [1.29, 1.82) is 0 Å². The Bertz CT molecular complexity index is 653. The van der Waals surface area contributed by atoms with E-state index in [-0.39, 0.29) is 11.7 Å². The summed E-state index contributed by atoms with van der Waals surface area (Å²) in [4.78, 5) is 15.4. The number of aromatic hydroxyl groups is 1. The van der Waals surface area contributed by atoms with Crippen molar-refractivity contribution in [1.82, 2.24) is 0 Å². The van der Waals surface area contributed by atoms with Crippen LogP contribution in [0.1, 0.15) is 58.4 Å². The summed E-state index contributed by atoms with van der Waals surface area (Å²) in [5.74, 6) is 0.949. The molecule has 0 radical (unpaired) electrons. The molecule has 1 aromatic carbocycles. The molecule has 0 fully saturated rings. The molecule has 138 valence electrons. The van der Waals surface area contributed by atoms with Crippen molar-refractivity contribution in [3.05, 3.63) is 17.7 Å². The average molecular weight is 348 g/mol. The van der Waals surface area contributed by atoms with Crippen molar-refractivity contribution in [2.75, 3.05) is 13.2 Å². The second kappa shape index (κ2) is 8.23. The first kappa shape index (κ1) is 19.1. The number of ether oxygens (including phenoxy) is 2. The van der Waals surface area contributed by atoms with Gasteiger partial charge in [0.2, 0.25) is 5.91 Å². The number of carbonyl (C=O) groups excluding carboxylic acids is 1. The number of unbranched alkanes of at least 4 members (excludes halogenated alkanes) is 1. The van der Waals surface area contributed by atoms with Crippen LogP contribution in [0.5, 0.6) is 17.2 Å². The van der Waals surface area contributed by atoms with E-state index >= 15 is 0 Å². The molecule has 1 aliphatic heterocycles. The smallest absolute Gasteiger partial charge is 0.217 e. The zero-order chi connectivity index (χ0) is 18.4. The number of hydrogen-bond acceptors (Lipinski definition) is 5. The van der Waals surface area contributed by atoms with Gasteiger partial charge in [-0.05, 0) is 26.7 Å². The first-order valence-electron chi connectivity index (χ1n) is 8.83. The van der Waals surface area contributed by atoms with Gasteiger partial charge in [0.15, 0.2) is 0 Å². The summed E-state index contributed by atoms with van der Waals surface area (Å²) in [6, 6.07) is 3.42. The molecular weight excluding hydrogens is 320 g/mol. The fourth-order valence-corrected chi connectivity index (χ4v) is 2.79. The highest BCUT2D eigenvalue weighted by molar-refractivity contribution is 6.06. The van der Waals surface area contributed by atoms with Crippen LogP contribution >= 0.6 is 0 Å². The summed E-state index contributed by atoms with van der Waals surface area (Å²) in [7, 11) is 0. The lowest BCUT2D eigenvalue weighted by molar-refractivity contribution is -0.118. The zero-order valence-electron chi connectivity index (χ0n) is 15.3. The number of hydrogen-bond donors (Lipinski definition) is 2. The molecule has 0 unspecified atom stereocenters. The fraction of sp³-hybridized carbons (Fsp3) is 0.579. The van der Waals surface area contributed by atoms with Gasteiger partial charge in [0.1, 0.15) is 22.8 Å². The van der Waals surface area contributed by atoms with E-state index in [2.05, 4.69) is 11.9 Å². The van der Waals surface area contributed by atoms with Crippen LogP contribution in [0.3, 0.4) is 0 Å². The van der Waals surface area contributed by atoms with Crippen molar-refractivity contribution < 1.29 is 19.4 Å². The van der Waals surface area contributed by atoms with Crippen molar-refractivity contribution in [3.63, 3.8) is 0 Å². The highest BCUT2D eigenvalue weighted by atomic mass is 16.5. The molecule has 0 aliphatic carbocycles. The zero-order valence-corrected chi connectivity index (χ0v) is 15.3. The maximum absolute atomic E-state index is 10.9. The summed E-state index contributed by atoms with van der Waals surface area (Å²) >= 11 is 0. The molecule has 0 bridgehead atoms. The number of amides is 1. The Balaban J connectivity index is 2.25. The van der Waals surface area contributed by atoms with Crippen molar-refractivity contribution >= 4 is 11.6 Å². The lowest BCUT2D eigenvalue weighted by atomic mass is 9.91. The third-order valence-corrected chi connectivity index (χ3v) is 3.97. The molecule has 0 aromatic heterocycles. The van der Waals surface area contributed by atoms with E-state index in [0.29, 0.717) is 49.5 Å². The van der Waals surface area contributed by atoms with Crippen molar-refractivity contribution in [2.24, 2.45) is 10.7 Å².